The average molecular weight is 332 g/mol. The van der Waals surface area contributed by atoms with Gasteiger partial charge in [0.1, 0.15) is 5.82 Å². The van der Waals surface area contributed by atoms with E-state index in [4.69, 9.17) is 0 Å². The van der Waals surface area contributed by atoms with Crippen molar-refractivity contribution in [3.63, 3.8) is 0 Å². The number of rotatable bonds is 4. The molecule has 1 saturated heterocycles. The van der Waals surface area contributed by atoms with Crippen LogP contribution in [-0.4, -0.2) is 41.2 Å². The Morgan fingerprint density at radius 2 is 1.96 bits per heavy atom. The Bertz CT molecular complexity index is 628. The third-order valence-corrected chi connectivity index (χ3v) is 5.56. The van der Waals surface area contributed by atoms with Crippen molar-refractivity contribution in [1.82, 2.24) is 9.80 Å². The molecule has 2 aliphatic rings. The number of carbonyl (C=O) groups is 2. The number of nitrogens with zero attached hydrogens (tertiary/aromatic N) is 2. The second kappa shape index (κ2) is 6.91. The molecule has 1 heterocycles. The smallest absolute Gasteiger partial charge is 0.228 e. The Kier molecular flexibility index (Phi) is 4.88. The first-order valence-corrected chi connectivity index (χ1v) is 8.79. The van der Waals surface area contributed by atoms with Gasteiger partial charge in [-0.1, -0.05) is 31.0 Å². The minimum atomic E-state index is -0.352. The van der Waals surface area contributed by atoms with Crippen molar-refractivity contribution >= 4 is 11.8 Å². The summed E-state index contributed by atoms with van der Waals surface area (Å²) in [7, 11) is 1.70. The largest absolute Gasteiger partial charge is 0.339 e. The van der Waals surface area contributed by atoms with Crippen LogP contribution in [0.2, 0.25) is 0 Å². The van der Waals surface area contributed by atoms with Crippen LogP contribution in [0.3, 0.4) is 0 Å². The number of hydrogen-bond acceptors (Lipinski definition) is 2. The monoisotopic (exact) mass is 332 g/mol. The minimum Gasteiger partial charge on any atom is -0.339 e. The van der Waals surface area contributed by atoms with Crippen LogP contribution in [0.25, 0.3) is 0 Å². The van der Waals surface area contributed by atoms with Gasteiger partial charge in [-0.15, -0.1) is 0 Å². The van der Waals surface area contributed by atoms with Crippen LogP contribution < -0.4 is 0 Å². The molecule has 0 spiro atoms. The van der Waals surface area contributed by atoms with E-state index in [0.717, 1.165) is 25.7 Å². The Morgan fingerprint density at radius 3 is 2.62 bits per heavy atom. The van der Waals surface area contributed by atoms with Gasteiger partial charge in [0.25, 0.3) is 0 Å². The Morgan fingerprint density at radius 1 is 1.29 bits per heavy atom. The first-order valence-electron chi connectivity index (χ1n) is 8.79. The average Bonchev–Trinajstić information content (AvgIpc) is 3.22. The highest BCUT2D eigenvalue weighted by Crippen LogP contribution is 2.31. The molecular formula is C19H25FN2O2. The summed E-state index contributed by atoms with van der Waals surface area (Å²) in [5.41, 5.74) is 0.505. The molecule has 0 N–H and O–H groups in total. The van der Waals surface area contributed by atoms with Gasteiger partial charge in [-0.05, 0) is 25.8 Å². The molecule has 2 amide bonds. The molecule has 1 aliphatic heterocycles. The summed E-state index contributed by atoms with van der Waals surface area (Å²) in [4.78, 5) is 28.6. The molecule has 3 rings (SSSR count). The van der Waals surface area contributed by atoms with Gasteiger partial charge in [0, 0.05) is 31.6 Å². The zero-order valence-corrected chi connectivity index (χ0v) is 14.4. The molecule has 2 unspecified atom stereocenters. The molecule has 2 atom stereocenters. The van der Waals surface area contributed by atoms with Gasteiger partial charge < -0.3 is 9.80 Å². The van der Waals surface area contributed by atoms with Crippen LogP contribution in [0, 0.1) is 11.7 Å². The number of benzene rings is 1. The molecule has 1 aromatic carbocycles. The third-order valence-electron chi connectivity index (χ3n) is 5.56. The van der Waals surface area contributed by atoms with Crippen LogP contribution in [0.15, 0.2) is 24.3 Å². The van der Waals surface area contributed by atoms with Crippen LogP contribution in [0.1, 0.15) is 50.6 Å². The molecular weight excluding hydrogens is 307 g/mol. The fraction of sp³-hybridized carbons (Fsp3) is 0.579. The third kappa shape index (κ3) is 3.17. The van der Waals surface area contributed by atoms with E-state index in [9.17, 15) is 14.0 Å². The number of amides is 2. The lowest BCUT2D eigenvalue weighted by Gasteiger charge is -2.29. The van der Waals surface area contributed by atoms with Crippen LogP contribution in [0.4, 0.5) is 4.39 Å². The summed E-state index contributed by atoms with van der Waals surface area (Å²) in [6.07, 6.45) is 4.71. The summed E-state index contributed by atoms with van der Waals surface area (Å²) >= 11 is 0. The summed E-state index contributed by atoms with van der Waals surface area (Å²) in [6.45, 7) is 2.33. The van der Waals surface area contributed by atoms with Gasteiger partial charge in [-0.25, -0.2) is 4.39 Å². The zero-order valence-electron chi connectivity index (χ0n) is 14.4. The summed E-state index contributed by atoms with van der Waals surface area (Å²) in [5.74, 6) is -0.594. The lowest BCUT2D eigenvalue weighted by atomic mass is 10.0. The molecule has 4 nitrogen and oxygen atoms in total. The maximum atomic E-state index is 14.0. The number of hydrogen-bond donors (Lipinski definition) is 0. The molecule has 1 aliphatic carbocycles. The van der Waals surface area contributed by atoms with Crippen molar-refractivity contribution in [2.45, 2.75) is 51.1 Å². The van der Waals surface area contributed by atoms with Crippen LogP contribution >= 0.6 is 0 Å². The maximum absolute atomic E-state index is 14.0. The molecule has 5 heteroatoms. The van der Waals surface area contributed by atoms with E-state index in [2.05, 4.69) is 0 Å². The van der Waals surface area contributed by atoms with Crippen molar-refractivity contribution in [3.05, 3.63) is 35.6 Å². The number of halogens is 1. The molecule has 130 valence electrons. The summed E-state index contributed by atoms with van der Waals surface area (Å²) in [6, 6.07) is 6.48. The first kappa shape index (κ1) is 16.9. The van der Waals surface area contributed by atoms with Crippen molar-refractivity contribution in [2.24, 2.45) is 5.92 Å². The van der Waals surface area contributed by atoms with Crippen molar-refractivity contribution < 1.29 is 14.0 Å². The maximum Gasteiger partial charge on any atom is 0.228 e. The van der Waals surface area contributed by atoms with Crippen LogP contribution in [0.5, 0.6) is 0 Å². The first-order chi connectivity index (χ1) is 11.5. The highest BCUT2D eigenvalue weighted by atomic mass is 19.1. The van der Waals surface area contributed by atoms with Crippen molar-refractivity contribution in [3.8, 4) is 0 Å². The van der Waals surface area contributed by atoms with Gasteiger partial charge in [-0.3, -0.25) is 9.59 Å². The lowest BCUT2D eigenvalue weighted by molar-refractivity contribution is -0.136. The standard InChI is InChI=1S/C19H25FN2O2/c1-13(16-9-5-6-10-17(16)20)21(2)19(24)14-11-18(23)22(12-14)15-7-3-4-8-15/h5-6,9-10,13-15H,3-4,7-8,11-12H2,1-2H3. The van der Waals surface area contributed by atoms with Gasteiger partial charge >= 0.3 is 0 Å². The van der Waals surface area contributed by atoms with E-state index >= 15 is 0 Å². The van der Waals surface area contributed by atoms with Gasteiger partial charge in [0.2, 0.25) is 11.8 Å². The Hall–Kier alpha value is -1.91. The Balaban J connectivity index is 1.67. The van der Waals surface area contributed by atoms with Crippen molar-refractivity contribution in [1.29, 1.82) is 0 Å². The predicted molar refractivity (Wildman–Crippen MR) is 89.7 cm³/mol. The molecule has 0 bridgehead atoms. The molecule has 1 aromatic rings. The van der Waals surface area contributed by atoms with E-state index in [1.165, 1.54) is 6.07 Å². The minimum absolute atomic E-state index is 0.0698. The van der Waals surface area contributed by atoms with Crippen molar-refractivity contribution in [2.75, 3.05) is 13.6 Å². The van der Waals surface area contributed by atoms with E-state index in [-0.39, 0.29) is 36.0 Å². The fourth-order valence-electron chi connectivity index (χ4n) is 3.97. The SMILES string of the molecule is CC(c1ccccc1F)N(C)C(=O)C1CC(=O)N(C2CCCC2)C1. The zero-order chi connectivity index (χ0) is 17.3. The normalized spacial score (nSPS) is 22.9. The molecule has 2 fully saturated rings. The molecule has 24 heavy (non-hydrogen) atoms. The highest BCUT2D eigenvalue weighted by molar-refractivity contribution is 5.89. The number of likely N-dealkylation sites (tertiary alicyclic amines) is 1. The van der Waals surface area contributed by atoms with Gasteiger partial charge in [0.15, 0.2) is 0 Å². The van der Waals surface area contributed by atoms with Gasteiger partial charge in [-0.2, -0.15) is 0 Å². The predicted octanol–water partition coefficient (Wildman–Crippen LogP) is 3.14. The van der Waals surface area contributed by atoms with E-state index < -0.39 is 0 Å². The fourth-order valence-corrected chi connectivity index (χ4v) is 3.97. The molecule has 1 saturated carbocycles. The van der Waals surface area contributed by atoms with E-state index in [0.29, 0.717) is 18.2 Å². The van der Waals surface area contributed by atoms with Gasteiger partial charge in [0.05, 0.1) is 12.0 Å². The second-order valence-electron chi connectivity index (χ2n) is 7.03. The summed E-state index contributed by atoms with van der Waals surface area (Å²) in [5, 5.41) is 0. The second-order valence-corrected chi connectivity index (χ2v) is 7.03. The summed E-state index contributed by atoms with van der Waals surface area (Å²) < 4.78 is 14.0. The van der Waals surface area contributed by atoms with E-state index in [1.807, 2.05) is 11.8 Å². The molecule has 0 aromatic heterocycles. The Labute approximate surface area is 142 Å². The van der Waals surface area contributed by atoms with Crippen LogP contribution in [-0.2, 0) is 9.59 Å². The van der Waals surface area contributed by atoms with E-state index in [1.54, 1.807) is 30.1 Å². The topological polar surface area (TPSA) is 40.6 Å². The highest BCUT2D eigenvalue weighted by Gasteiger charge is 2.40. The molecule has 0 radical (unpaired) electrons. The quantitative estimate of drug-likeness (QED) is 0.850. The lowest BCUT2D eigenvalue weighted by Crippen LogP contribution is -2.38. The number of carbonyl (C=O) groups excluding carboxylic acids is 2.